The first-order valence-corrected chi connectivity index (χ1v) is 12.6. The van der Waals surface area contributed by atoms with Gasteiger partial charge in [0.05, 0.1) is 0 Å². The molecule has 0 bridgehead atoms. The molecule has 4 rings (SSSR count). The van der Waals surface area contributed by atoms with Crippen molar-refractivity contribution in [3.63, 3.8) is 0 Å². The van der Waals surface area contributed by atoms with Gasteiger partial charge in [-0.25, -0.2) is 0 Å². The highest BCUT2D eigenvalue weighted by molar-refractivity contribution is 5.64. The van der Waals surface area contributed by atoms with Gasteiger partial charge < -0.3 is 0 Å². The van der Waals surface area contributed by atoms with Crippen molar-refractivity contribution >= 4 is 0 Å². The molecule has 0 aliphatic heterocycles. The van der Waals surface area contributed by atoms with Gasteiger partial charge in [0.15, 0.2) is 0 Å². The molecule has 0 amide bonds. The zero-order chi connectivity index (χ0) is 23.6. The molecular formula is C34H36. The molecule has 0 heterocycles. The van der Waals surface area contributed by atoms with E-state index in [2.05, 4.69) is 129 Å². The van der Waals surface area contributed by atoms with Gasteiger partial charge in [0.1, 0.15) is 0 Å². The highest BCUT2D eigenvalue weighted by Gasteiger charge is 2.06. The minimum absolute atomic E-state index is 0.542. The normalized spacial score (nSPS) is 12.2. The third-order valence-electron chi connectivity index (χ3n) is 6.71. The number of hydrogen-bond acceptors (Lipinski definition) is 0. The van der Waals surface area contributed by atoms with E-state index in [1.165, 1.54) is 38.9 Å². The molecule has 0 saturated carbocycles. The molecule has 0 N–H and O–H groups in total. The Kier molecular flexibility index (Phi) is 8.52. The van der Waals surface area contributed by atoms with Gasteiger partial charge in [0, 0.05) is 0 Å². The molecule has 0 aliphatic carbocycles. The Bertz CT molecular complexity index is 1150. The first-order chi connectivity index (χ1) is 16.7. The Morgan fingerprint density at radius 2 is 1.03 bits per heavy atom. The molecule has 0 radical (unpaired) electrons. The SMILES string of the molecule is C/C=C/CCc1ccc(-c2ccc(CCc3ccc(CC(C)c4ccccc4)cc3)cc2)cc1. The quantitative estimate of drug-likeness (QED) is 0.214. The molecule has 34 heavy (non-hydrogen) atoms. The fourth-order valence-corrected chi connectivity index (χ4v) is 4.53. The van der Waals surface area contributed by atoms with Gasteiger partial charge in [-0.3, -0.25) is 0 Å². The van der Waals surface area contributed by atoms with Crippen LogP contribution in [0.15, 0.2) is 115 Å². The molecule has 0 heteroatoms. The lowest BCUT2D eigenvalue weighted by Gasteiger charge is -2.12. The number of hydrogen-bond donors (Lipinski definition) is 0. The monoisotopic (exact) mass is 444 g/mol. The van der Waals surface area contributed by atoms with E-state index in [9.17, 15) is 0 Å². The van der Waals surface area contributed by atoms with Crippen molar-refractivity contribution in [2.24, 2.45) is 0 Å². The van der Waals surface area contributed by atoms with Gasteiger partial charge in [-0.15, -0.1) is 0 Å². The van der Waals surface area contributed by atoms with E-state index in [1.54, 1.807) is 0 Å². The number of rotatable bonds is 10. The Hall–Kier alpha value is -3.38. The fourth-order valence-electron chi connectivity index (χ4n) is 4.53. The van der Waals surface area contributed by atoms with Gasteiger partial charge in [-0.1, -0.05) is 122 Å². The summed E-state index contributed by atoms with van der Waals surface area (Å²) in [5.41, 5.74) is 9.62. The smallest absolute Gasteiger partial charge is 0.0150 e. The standard InChI is InChI=1S/C34H36/c1-3-4-6-9-28-18-22-33(23-19-28)34-24-20-30(21-25-34)13-12-29-14-16-31(17-15-29)26-27(2)32-10-7-5-8-11-32/h3-5,7-8,10-11,14-25,27H,6,9,12-13,26H2,1-2H3/b4-3+. The van der Waals surface area contributed by atoms with Crippen molar-refractivity contribution in [1.29, 1.82) is 0 Å². The predicted molar refractivity (Wildman–Crippen MR) is 147 cm³/mol. The highest BCUT2D eigenvalue weighted by Crippen LogP contribution is 2.23. The molecule has 1 unspecified atom stereocenters. The topological polar surface area (TPSA) is 0 Å². The average Bonchev–Trinajstić information content (AvgIpc) is 2.90. The minimum Gasteiger partial charge on any atom is -0.0917 e. The van der Waals surface area contributed by atoms with E-state index in [0.29, 0.717) is 5.92 Å². The van der Waals surface area contributed by atoms with Crippen LogP contribution < -0.4 is 0 Å². The van der Waals surface area contributed by atoms with Crippen molar-refractivity contribution in [2.75, 3.05) is 0 Å². The molecule has 0 fully saturated rings. The average molecular weight is 445 g/mol. The van der Waals surface area contributed by atoms with Crippen LogP contribution in [-0.2, 0) is 25.7 Å². The molecular weight excluding hydrogens is 408 g/mol. The lowest BCUT2D eigenvalue weighted by Crippen LogP contribution is -1.99. The summed E-state index contributed by atoms with van der Waals surface area (Å²) in [5.74, 6) is 0.542. The summed E-state index contributed by atoms with van der Waals surface area (Å²) in [6.07, 6.45) is 9.81. The van der Waals surface area contributed by atoms with Crippen molar-refractivity contribution in [1.82, 2.24) is 0 Å². The first-order valence-electron chi connectivity index (χ1n) is 12.6. The second-order valence-corrected chi connectivity index (χ2v) is 9.33. The molecule has 0 aromatic heterocycles. The molecule has 0 spiro atoms. The summed E-state index contributed by atoms with van der Waals surface area (Å²) in [7, 11) is 0. The first kappa shape index (κ1) is 23.8. The van der Waals surface area contributed by atoms with E-state index in [4.69, 9.17) is 0 Å². The molecule has 0 saturated heterocycles. The zero-order valence-corrected chi connectivity index (χ0v) is 20.6. The lowest BCUT2D eigenvalue weighted by molar-refractivity contribution is 0.758. The summed E-state index contributed by atoms with van der Waals surface area (Å²) in [6, 6.07) is 38.1. The largest absolute Gasteiger partial charge is 0.0917 e. The molecule has 0 nitrogen and oxygen atoms in total. The number of benzene rings is 4. The van der Waals surface area contributed by atoms with E-state index in [1.807, 2.05) is 0 Å². The van der Waals surface area contributed by atoms with Gasteiger partial charge >= 0.3 is 0 Å². The van der Waals surface area contributed by atoms with Crippen LogP contribution in [0.1, 0.15) is 54.0 Å². The van der Waals surface area contributed by atoms with Crippen LogP contribution in [-0.4, -0.2) is 0 Å². The molecule has 4 aromatic carbocycles. The molecule has 172 valence electrons. The van der Waals surface area contributed by atoms with Crippen molar-refractivity contribution in [3.05, 3.63) is 143 Å². The van der Waals surface area contributed by atoms with E-state index in [0.717, 1.165) is 32.1 Å². The van der Waals surface area contributed by atoms with Crippen LogP contribution in [0.4, 0.5) is 0 Å². The molecule has 0 aliphatic rings. The van der Waals surface area contributed by atoms with Crippen molar-refractivity contribution in [2.45, 2.75) is 51.9 Å². The maximum absolute atomic E-state index is 2.31. The lowest BCUT2D eigenvalue weighted by atomic mass is 9.93. The number of aryl methyl sites for hydroxylation is 3. The third-order valence-corrected chi connectivity index (χ3v) is 6.71. The van der Waals surface area contributed by atoms with Gasteiger partial charge in [0.2, 0.25) is 0 Å². The number of allylic oxidation sites excluding steroid dienone is 2. The summed E-state index contributed by atoms with van der Waals surface area (Å²) < 4.78 is 0. The second kappa shape index (κ2) is 12.2. The Labute approximate surface area is 206 Å². The van der Waals surface area contributed by atoms with Gasteiger partial charge in [-0.05, 0) is 83.9 Å². The van der Waals surface area contributed by atoms with Crippen LogP contribution in [0.25, 0.3) is 11.1 Å². The predicted octanol–water partition coefficient (Wildman–Crippen LogP) is 8.99. The van der Waals surface area contributed by atoms with Gasteiger partial charge in [-0.2, -0.15) is 0 Å². The van der Waals surface area contributed by atoms with Gasteiger partial charge in [0.25, 0.3) is 0 Å². The zero-order valence-electron chi connectivity index (χ0n) is 20.6. The van der Waals surface area contributed by atoms with Crippen molar-refractivity contribution in [3.8, 4) is 11.1 Å². The van der Waals surface area contributed by atoms with Crippen molar-refractivity contribution < 1.29 is 0 Å². The van der Waals surface area contributed by atoms with E-state index >= 15 is 0 Å². The Balaban J connectivity index is 1.28. The summed E-state index contributed by atoms with van der Waals surface area (Å²) >= 11 is 0. The van der Waals surface area contributed by atoms with Crippen LogP contribution in [0, 0.1) is 0 Å². The van der Waals surface area contributed by atoms with E-state index < -0.39 is 0 Å². The Morgan fingerprint density at radius 1 is 0.559 bits per heavy atom. The molecule has 1 atom stereocenters. The third kappa shape index (κ3) is 6.81. The Morgan fingerprint density at radius 3 is 1.56 bits per heavy atom. The van der Waals surface area contributed by atoms with Crippen LogP contribution in [0.2, 0.25) is 0 Å². The summed E-state index contributed by atoms with van der Waals surface area (Å²) in [5, 5.41) is 0. The molecule has 4 aromatic rings. The van der Waals surface area contributed by atoms with Crippen LogP contribution in [0.5, 0.6) is 0 Å². The van der Waals surface area contributed by atoms with Crippen LogP contribution >= 0.6 is 0 Å². The minimum atomic E-state index is 0.542. The van der Waals surface area contributed by atoms with E-state index in [-0.39, 0.29) is 0 Å². The highest BCUT2D eigenvalue weighted by atomic mass is 14.1. The maximum Gasteiger partial charge on any atom is -0.0150 e. The fraction of sp³-hybridized carbons (Fsp3) is 0.235. The second-order valence-electron chi connectivity index (χ2n) is 9.33. The summed E-state index contributed by atoms with van der Waals surface area (Å²) in [6.45, 7) is 4.39. The van der Waals surface area contributed by atoms with Crippen LogP contribution in [0.3, 0.4) is 0 Å². The summed E-state index contributed by atoms with van der Waals surface area (Å²) in [4.78, 5) is 0. The maximum atomic E-state index is 2.31.